The van der Waals surface area contributed by atoms with Crippen molar-refractivity contribution in [2.24, 2.45) is 5.92 Å². The van der Waals surface area contributed by atoms with Gasteiger partial charge in [-0.2, -0.15) is 0 Å². The standard InChI is InChI=1S/C21H26N2O5S/c1-14(2)20(15-8-9-18-19(13-15)28-11-10-27-18)22-21(24)16-6-5-7-17(12-16)29(25,26)23(3)4/h5-9,12-14,20H,10-11H2,1-4H3,(H,22,24). The summed E-state index contributed by atoms with van der Waals surface area (Å²) in [6.45, 7) is 5.02. The lowest BCUT2D eigenvalue weighted by Crippen LogP contribution is -2.32. The van der Waals surface area contributed by atoms with Crippen LogP contribution >= 0.6 is 0 Å². The molecule has 7 nitrogen and oxygen atoms in total. The summed E-state index contributed by atoms with van der Waals surface area (Å²) in [5, 5.41) is 3.02. The molecule has 1 N–H and O–H groups in total. The molecule has 29 heavy (non-hydrogen) atoms. The third-order valence-corrected chi connectivity index (χ3v) is 6.56. The van der Waals surface area contributed by atoms with Gasteiger partial charge in [-0.1, -0.05) is 26.0 Å². The minimum absolute atomic E-state index is 0.0792. The Kier molecular flexibility index (Phi) is 6.14. The Morgan fingerprint density at radius 1 is 1.03 bits per heavy atom. The van der Waals surface area contributed by atoms with E-state index in [0.29, 0.717) is 24.7 Å². The number of sulfonamides is 1. The number of hydrogen-bond donors (Lipinski definition) is 1. The van der Waals surface area contributed by atoms with Crippen molar-refractivity contribution in [3.63, 3.8) is 0 Å². The van der Waals surface area contributed by atoms with Crippen LogP contribution in [0.1, 0.15) is 35.8 Å². The fraction of sp³-hybridized carbons (Fsp3) is 0.381. The lowest BCUT2D eigenvalue weighted by molar-refractivity contribution is 0.0925. The van der Waals surface area contributed by atoms with Crippen LogP contribution in [0.2, 0.25) is 0 Å². The zero-order chi connectivity index (χ0) is 21.2. The summed E-state index contributed by atoms with van der Waals surface area (Å²) >= 11 is 0. The fourth-order valence-corrected chi connectivity index (χ4v) is 4.07. The molecular weight excluding hydrogens is 392 g/mol. The zero-order valence-electron chi connectivity index (χ0n) is 17.0. The van der Waals surface area contributed by atoms with Crippen molar-refractivity contribution in [1.82, 2.24) is 9.62 Å². The van der Waals surface area contributed by atoms with E-state index in [1.54, 1.807) is 12.1 Å². The van der Waals surface area contributed by atoms with Gasteiger partial charge in [-0.25, -0.2) is 12.7 Å². The van der Waals surface area contributed by atoms with Gasteiger partial charge in [0.05, 0.1) is 10.9 Å². The number of nitrogens with zero attached hydrogens (tertiary/aromatic N) is 1. The monoisotopic (exact) mass is 418 g/mol. The van der Waals surface area contributed by atoms with Crippen molar-refractivity contribution in [1.29, 1.82) is 0 Å². The Bertz CT molecular complexity index is 1000. The summed E-state index contributed by atoms with van der Waals surface area (Å²) in [5.41, 5.74) is 1.19. The quantitative estimate of drug-likeness (QED) is 0.780. The second-order valence-corrected chi connectivity index (χ2v) is 9.57. The topological polar surface area (TPSA) is 84.9 Å². The molecule has 0 spiro atoms. The molecule has 0 radical (unpaired) electrons. The second-order valence-electron chi connectivity index (χ2n) is 7.41. The molecular formula is C21H26N2O5S. The maximum absolute atomic E-state index is 12.9. The van der Waals surface area contributed by atoms with E-state index in [1.807, 2.05) is 32.0 Å². The van der Waals surface area contributed by atoms with Gasteiger partial charge in [-0.15, -0.1) is 0 Å². The van der Waals surface area contributed by atoms with Gasteiger partial charge in [0.1, 0.15) is 13.2 Å². The number of fused-ring (bicyclic) bond motifs is 1. The molecule has 1 amide bonds. The van der Waals surface area contributed by atoms with Crippen LogP contribution in [-0.2, 0) is 10.0 Å². The highest BCUT2D eigenvalue weighted by atomic mass is 32.2. The number of carbonyl (C=O) groups is 1. The predicted octanol–water partition coefficient (Wildman–Crippen LogP) is 2.84. The molecule has 1 aliphatic heterocycles. The molecule has 0 aliphatic carbocycles. The third kappa shape index (κ3) is 4.54. The van der Waals surface area contributed by atoms with Crippen LogP contribution in [0, 0.1) is 5.92 Å². The molecule has 2 aromatic rings. The minimum atomic E-state index is -3.62. The lowest BCUT2D eigenvalue weighted by atomic mass is 9.95. The van der Waals surface area contributed by atoms with Crippen molar-refractivity contribution in [3.8, 4) is 11.5 Å². The lowest BCUT2D eigenvalue weighted by Gasteiger charge is -2.25. The molecule has 0 saturated heterocycles. The largest absolute Gasteiger partial charge is 0.486 e. The average Bonchev–Trinajstić information content (AvgIpc) is 2.71. The highest BCUT2D eigenvalue weighted by Gasteiger charge is 2.23. The van der Waals surface area contributed by atoms with Crippen LogP contribution in [0.15, 0.2) is 47.4 Å². The Labute approximate surface area is 171 Å². The first-order chi connectivity index (χ1) is 13.7. The Morgan fingerprint density at radius 3 is 2.38 bits per heavy atom. The molecule has 8 heteroatoms. The van der Waals surface area contributed by atoms with Crippen LogP contribution < -0.4 is 14.8 Å². The Hall–Kier alpha value is -2.58. The summed E-state index contributed by atoms with van der Waals surface area (Å²) in [5.74, 6) is 1.12. The molecule has 1 unspecified atom stereocenters. The molecule has 2 aromatic carbocycles. The van der Waals surface area contributed by atoms with Crippen molar-refractivity contribution in [2.45, 2.75) is 24.8 Å². The fourth-order valence-electron chi connectivity index (χ4n) is 3.12. The predicted molar refractivity (Wildman–Crippen MR) is 110 cm³/mol. The van der Waals surface area contributed by atoms with E-state index in [2.05, 4.69) is 5.32 Å². The molecule has 0 fully saturated rings. The maximum Gasteiger partial charge on any atom is 0.251 e. The van der Waals surface area contributed by atoms with E-state index in [1.165, 1.54) is 26.2 Å². The summed E-state index contributed by atoms with van der Waals surface area (Å²) in [6, 6.07) is 11.4. The van der Waals surface area contributed by atoms with Gasteiger partial charge < -0.3 is 14.8 Å². The van der Waals surface area contributed by atoms with Crippen molar-refractivity contribution in [3.05, 3.63) is 53.6 Å². The molecule has 1 atom stereocenters. The second kappa shape index (κ2) is 8.42. The van der Waals surface area contributed by atoms with Crippen molar-refractivity contribution >= 4 is 15.9 Å². The number of hydrogen-bond acceptors (Lipinski definition) is 5. The van der Waals surface area contributed by atoms with Gasteiger partial charge in [0.25, 0.3) is 5.91 Å². The zero-order valence-corrected chi connectivity index (χ0v) is 17.8. The normalized spacial score (nSPS) is 14.7. The number of rotatable bonds is 6. The van der Waals surface area contributed by atoms with Crippen LogP contribution in [0.4, 0.5) is 0 Å². The van der Waals surface area contributed by atoms with Crippen molar-refractivity contribution in [2.75, 3.05) is 27.3 Å². The summed E-state index contributed by atoms with van der Waals surface area (Å²) in [4.78, 5) is 13.0. The molecule has 0 saturated carbocycles. The smallest absolute Gasteiger partial charge is 0.251 e. The average molecular weight is 419 g/mol. The molecule has 3 rings (SSSR count). The van der Waals surface area contributed by atoms with Crippen LogP contribution in [-0.4, -0.2) is 45.9 Å². The molecule has 156 valence electrons. The van der Waals surface area contributed by atoms with E-state index in [-0.39, 0.29) is 28.3 Å². The van der Waals surface area contributed by atoms with Gasteiger partial charge >= 0.3 is 0 Å². The summed E-state index contributed by atoms with van der Waals surface area (Å²) in [6.07, 6.45) is 0. The van der Waals surface area contributed by atoms with Gasteiger partial charge in [0, 0.05) is 19.7 Å². The van der Waals surface area contributed by atoms with Gasteiger partial charge in [-0.05, 0) is 41.8 Å². The van der Waals surface area contributed by atoms with Crippen LogP contribution in [0.5, 0.6) is 11.5 Å². The number of benzene rings is 2. The highest BCUT2D eigenvalue weighted by Crippen LogP contribution is 2.34. The summed E-state index contributed by atoms with van der Waals surface area (Å²) < 4.78 is 37.1. The number of carbonyl (C=O) groups excluding carboxylic acids is 1. The van der Waals surface area contributed by atoms with Crippen LogP contribution in [0.25, 0.3) is 0 Å². The van der Waals surface area contributed by atoms with E-state index in [4.69, 9.17) is 9.47 Å². The van der Waals surface area contributed by atoms with E-state index in [0.717, 1.165) is 9.87 Å². The number of amides is 1. The van der Waals surface area contributed by atoms with Crippen LogP contribution in [0.3, 0.4) is 0 Å². The number of ether oxygens (including phenoxy) is 2. The van der Waals surface area contributed by atoms with Gasteiger partial charge in [-0.3, -0.25) is 4.79 Å². The Morgan fingerprint density at radius 2 is 1.72 bits per heavy atom. The molecule has 0 aromatic heterocycles. The van der Waals surface area contributed by atoms with E-state index in [9.17, 15) is 13.2 Å². The SMILES string of the molecule is CC(C)C(NC(=O)c1cccc(S(=O)(=O)N(C)C)c1)c1ccc2c(c1)OCCO2. The van der Waals surface area contributed by atoms with Crippen molar-refractivity contribution < 1.29 is 22.7 Å². The molecule has 0 bridgehead atoms. The molecule has 1 heterocycles. The third-order valence-electron chi connectivity index (χ3n) is 4.75. The maximum atomic E-state index is 12.9. The Balaban J connectivity index is 1.86. The first-order valence-corrected chi connectivity index (χ1v) is 10.9. The first kappa shape index (κ1) is 21.1. The van der Waals surface area contributed by atoms with Gasteiger partial charge in [0.15, 0.2) is 11.5 Å². The van der Waals surface area contributed by atoms with E-state index >= 15 is 0 Å². The van der Waals surface area contributed by atoms with E-state index < -0.39 is 10.0 Å². The number of nitrogens with one attached hydrogen (secondary N) is 1. The minimum Gasteiger partial charge on any atom is -0.486 e. The first-order valence-electron chi connectivity index (χ1n) is 9.43. The molecule has 1 aliphatic rings. The summed E-state index contributed by atoms with van der Waals surface area (Å²) in [7, 11) is -0.703. The van der Waals surface area contributed by atoms with Gasteiger partial charge in [0.2, 0.25) is 10.0 Å². The highest BCUT2D eigenvalue weighted by molar-refractivity contribution is 7.89.